The van der Waals surface area contributed by atoms with Crippen molar-refractivity contribution < 1.29 is 4.79 Å². The molecule has 0 spiro atoms. The summed E-state index contributed by atoms with van der Waals surface area (Å²) in [4.78, 5) is 16.1. The summed E-state index contributed by atoms with van der Waals surface area (Å²) in [6.07, 6.45) is 0. The average molecular weight is 277 g/mol. The Morgan fingerprint density at radius 1 is 1.39 bits per heavy atom. The summed E-state index contributed by atoms with van der Waals surface area (Å²) in [5, 5.41) is 11.0. The monoisotopic (exact) mass is 277 g/mol. The summed E-state index contributed by atoms with van der Waals surface area (Å²) >= 11 is 2.62. The number of anilines is 2. The van der Waals surface area contributed by atoms with Crippen LogP contribution in [0.25, 0.3) is 10.2 Å². The number of hydrogen-bond donors (Lipinski definition) is 2. The number of amides is 1. The van der Waals surface area contributed by atoms with Gasteiger partial charge in [-0.1, -0.05) is 22.7 Å². The SMILES string of the molecule is Nc1nc2ccc(C(=O)Nc3nncs3)cc2s1. The lowest BCUT2D eigenvalue weighted by Crippen LogP contribution is -2.11. The van der Waals surface area contributed by atoms with E-state index in [0.717, 1.165) is 10.2 Å². The van der Waals surface area contributed by atoms with Gasteiger partial charge >= 0.3 is 0 Å². The summed E-state index contributed by atoms with van der Waals surface area (Å²) in [5.41, 5.74) is 8.51. The minimum absolute atomic E-state index is 0.222. The van der Waals surface area contributed by atoms with Gasteiger partial charge in [-0.25, -0.2) is 4.98 Å². The predicted octanol–water partition coefficient (Wildman–Crippen LogP) is 1.98. The molecule has 3 N–H and O–H groups in total. The van der Waals surface area contributed by atoms with Gasteiger partial charge in [0.15, 0.2) is 5.13 Å². The lowest BCUT2D eigenvalue weighted by atomic mass is 10.2. The topological polar surface area (TPSA) is 93.8 Å². The van der Waals surface area contributed by atoms with E-state index < -0.39 is 0 Å². The van der Waals surface area contributed by atoms with Crippen LogP contribution in [0.4, 0.5) is 10.3 Å². The van der Waals surface area contributed by atoms with Gasteiger partial charge in [-0.2, -0.15) is 0 Å². The highest BCUT2D eigenvalue weighted by molar-refractivity contribution is 7.22. The third-order valence-electron chi connectivity index (χ3n) is 2.25. The molecule has 8 heteroatoms. The van der Waals surface area contributed by atoms with Crippen LogP contribution in [-0.4, -0.2) is 21.1 Å². The van der Waals surface area contributed by atoms with Crippen molar-refractivity contribution in [2.75, 3.05) is 11.1 Å². The summed E-state index contributed by atoms with van der Waals surface area (Å²) in [6.45, 7) is 0. The molecular weight excluding hydrogens is 270 g/mol. The van der Waals surface area contributed by atoms with Gasteiger partial charge in [-0.05, 0) is 18.2 Å². The highest BCUT2D eigenvalue weighted by Gasteiger charge is 2.10. The van der Waals surface area contributed by atoms with Crippen LogP contribution in [-0.2, 0) is 0 Å². The molecule has 90 valence electrons. The minimum atomic E-state index is -0.222. The van der Waals surface area contributed by atoms with E-state index in [4.69, 9.17) is 5.73 Å². The van der Waals surface area contributed by atoms with E-state index in [1.54, 1.807) is 23.7 Å². The molecule has 6 nitrogen and oxygen atoms in total. The van der Waals surface area contributed by atoms with E-state index in [9.17, 15) is 4.79 Å². The normalized spacial score (nSPS) is 10.7. The molecule has 0 aliphatic heterocycles. The Bertz CT molecular complexity index is 706. The van der Waals surface area contributed by atoms with Gasteiger partial charge in [0, 0.05) is 5.56 Å². The fourth-order valence-electron chi connectivity index (χ4n) is 1.48. The van der Waals surface area contributed by atoms with Gasteiger partial charge in [0.2, 0.25) is 5.13 Å². The molecular formula is C10H7N5OS2. The molecule has 3 aromatic rings. The maximum Gasteiger partial charge on any atom is 0.257 e. The van der Waals surface area contributed by atoms with Crippen molar-refractivity contribution in [3.63, 3.8) is 0 Å². The van der Waals surface area contributed by atoms with Crippen molar-refractivity contribution >= 4 is 49.1 Å². The molecule has 2 heterocycles. The van der Waals surface area contributed by atoms with E-state index in [0.29, 0.717) is 15.8 Å². The molecule has 0 radical (unpaired) electrons. The smallest absolute Gasteiger partial charge is 0.257 e. The number of nitrogens with zero attached hydrogens (tertiary/aromatic N) is 3. The third kappa shape index (κ3) is 2.03. The third-order valence-corrected chi connectivity index (χ3v) is 3.70. The number of rotatable bonds is 2. The van der Waals surface area contributed by atoms with Gasteiger partial charge in [-0.3, -0.25) is 10.1 Å². The molecule has 18 heavy (non-hydrogen) atoms. The van der Waals surface area contributed by atoms with Gasteiger partial charge in [0.05, 0.1) is 10.2 Å². The lowest BCUT2D eigenvalue weighted by molar-refractivity contribution is 0.102. The Labute approximate surface area is 109 Å². The van der Waals surface area contributed by atoms with Crippen LogP contribution in [0.15, 0.2) is 23.7 Å². The summed E-state index contributed by atoms with van der Waals surface area (Å²) < 4.78 is 0.886. The fourth-order valence-corrected chi connectivity index (χ4v) is 2.69. The summed E-state index contributed by atoms with van der Waals surface area (Å²) in [7, 11) is 0. The van der Waals surface area contributed by atoms with Crippen LogP contribution in [0.1, 0.15) is 10.4 Å². The Kier molecular flexibility index (Phi) is 2.65. The van der Waals surface area contributed by atoms with E-state index in [1.807, 2.05) is 0 Å². The molecule has 0 bridgehead atoms. The number of thiazole rings is 1. The minimum Gasteiger partial charge on any atom is -0.375 e. The van der Waals surface area contributed by atoms with Crippen LogP contribution in [0.3, 0.4) is 0 Å². The number of aromatic nitrogens is 3. The second-order valence-electron chi connectivity index (χ2n) is 3.43. The van der Waals surface area contributed by atoms with Crippen LogP contribution in [0.2, 0.25) is 0 Å². The number of carbonyl (C=O) groups excluding carboxylic acids is 1. The predicted molar refractivity (Wildman–Crippen MR) is 71.9 cm³/mol. The molecule has 0 atom stereocenters. The van der Waals surface area contributed by atoms with Gasteiger partial charge in [-0.15, -0.1) is 10.2 Å². The molecule has 2 aromatic heterocycles. The van der Waals surface area contributed by atoms with Crippen molar-refractivity contribution in [3.8, 4) is 0 Å². The first-order chi connectivity index (χ1) is 8.72. The molecule has 1 amide bonds. The summed E-state index contributed by atoms with van der Waals surface area (Å²) in [5.74, 6) is -0.222. The molecule has 0 fully saturated rings. The van der Waals surface area contributed by atoms with E-state index in [2.05, 4.69) is 20.5 Å². The van der Waals surface area contributed by atoms with E-state index >= 15 is 0 Å². The first kappa shape index (κ1) is 11.1. The van der Waals surface area contributed by atoms with Crippen LogP contribution in [0.5, 0.6) is 0 Å². The van der Waals surface area contributed by atoms with Crippen molar-refractivity contribution in [3.05, 3.63) is 29.3 Å². The zero-order valence-electron chi connectivity index (χ0n) is 8.95. The number of carbonyl (C=O) groups is 1. The lowest BCUT2D eigenvalue weighted by Gasteiger charge is -2.00. The van der Waals surface area contributed by atoms with E-state index in [1.165, 1.54) is 22.7 Å². The number of nitrogens with one attached hydrogen (secondary N) is 1. The second kappa shape index (κ2) is 4.31. The molecule has 0 aliphatic carbocycles. The molecule has 1 aromatic carbocycles. The highest BCUT2D eigenvalue weighted by Crippen LogP contribution is 2.25. The Hall–Kier alpha value is -2.06. The molecule has 0 saturated heterocycles. The average Bonchev–Trinajstić information content (AvgIpc) is 2.95. The maximum atomic E-state index is 11.9. The number of hydrogen-bond acceptors (Lipinski definition) is 7. The van der Waals surface area contributed by atoms with Crippen LogP contribution in [0, 0.1) is 0 Å². The molecule has 0 saturated carbocycles. The van der Waals surface area contributed by atoms with Crippen molar-refractivity contribution in [1.29, 1.82) is 0 Å². The van der Waals surface area contributed by atoms with Crippen molar-refractivity contribution in [1.82, 2.24) is 15.2 Å². The Morgan fingerprint density at radius 3 is 3.06 bits per heavy atom. The van der Waals surface area contributed by atoms with Gasteiger partial charge < -0.3 is 5.73 Å². The second-order valence-corrected chi connectivity index (χ2v) is 5.33. The summed E-state index contributed by atoms with van der Waals surface area (Å²) in [6, 6.07) is 5.24. The van der Waals surface area contributed by atoms with Crippen molar-refractivity contribution in [2.45, 2.75) is 0 Å². The first-order valence-electron chi connectivity index (χ1n) is 4.96. The van der Waals surface area contributed by atoms with E-state index in [-0.39, 0.29) is 5.91 Å². The zero-order valence-corrected chi connectivity index (χ0v) is 10.6. The maximum absolute atomic E-state index is 11.9. The number of fused-ring (bicyclic) bond motifs is 1. The van der Waals surface area contributed by atoms with Gasteiger partial charge in [0.25, 0.3) is 5.91 Å². The number of nitrogen functional groups attached to an aromatic ring is 1. The van der Waals surface area contributed by atoms with Crippen LogP contribution < -0.4 is 11.1 Å². The number of nitrogens with two attached hydrogens (primary N) is 1. The Balaban J connectivity index is 1.91. The number of benzene rings is 1. The highest BCUT2D eigenvalue weighted by atomic mass is 32.1. The molecule has 0 aliphatic rings. The first-order valence-corrected chi connectivity index (χ1v) is 6.65. The van der Waals surface area contributed by atoms with Crippen LogP contribution >= 0.6 is 22.7 Å². The van der Waals surface area contributed by atoms with Crippen molar-refractivity contribution in [2.24, 2.45) is 0 Å². The Morgan fingerprint density at radius 2 is 2.28 bits per heavy atom. The largest absolute Gasteiger partial charge is 0.375 e. The zero-order chi connectivity index (χ0) is 12.5. The standard InChI is InChI=1S/C10H7N5OS2/c11-9-13-6-2-1-5(3-7(6)18-9)8(16)14-10-15-12-4-17-10/h1-4H,(H2,11,13)(H,14,15,16). The van der Waals surface area contributed by atoms with Gasteiger partial charge in [0.1, 0.15) is 5.51 Å². The fraction of sp³-hybridized carbons (Fsp3) is 0. The molecule has 0 unspecified atom stereocenters. The molecule has 3 rings (SSSR count). The quantitative estimate of drug-likeness (QED) is 0.747.